The molecule has 1 aliphatic carbocycles. The van der Waals surface area contributed by atoms with E-state index < -0.39 is 14.4 Å². The summed E-state index contributed by atoms with van der Waals surface area (Å²) in [5, 5.41) is 2.65. The number of ether oxygens (including phenoxy) is 1. The summed E-state index contributed by atoms with van der Waals surface area (Å²) in [5.41, 5.74) is 7.70. The second-order valence-electron chi connectivity index (χ2n) is 8.12. The van der Waals surface area contributed by atoms with Gasteiger partial charge in [-0.05, 0) is 65.4 Å². The lowest BCUT2D eigenvalue weighted by Crippen LogP contribution is -2.16. The van der Waals surface area contributed by atoms with Crippen molar-refractivity contribution < 1.29 is 24.1 Å². The Morgan fingerprint density at radius 3 is 2.55 bits per heavy atom. The van der Waals surface area contributed by atoms with Crippen LogP contribution < -0.4 is 10.5 Å². The molecule has 0 spiro atoms. The number of amides is 1. The maximum Gasteiger partial charge on any atom is 0.288 e. The van der Waals surface area contributed by atoms with Crippen molar-refractivity contribution in [3.63, 3.8) is 0 Å². The second-order valence-corrected chi connectivity index (χ2v) is 9.53. The van der Waals surface area contributed by atoms with E-state index in [1.165, 1.54) is 10.5 Å². The number of nitrogens with two attached hydrogens (primary N) is 1. The molecule has 9 heteroatoms. The molecule has 1 amide bonds. The third-order valence-electron chi connectivity index (χ3n) is 5.88. The van der Waals surface area contributed by atoms with E-state index in [0.29, 0.717) is 27.4 Å². The normalized spacial score (nSPS) is 13.7. The molecule has 1 aliphatic rings. The van der Waals surface area contributed by atoms with Gasteiger partial charge in [0.15, 0.2) is 6.61 Å². The molecule has 33 heavy (non-hydrogen) atoms. The number of hydrogen-bond donors (Lipinski definition) is 3. The summed E-state index contributed by atoms with van der Waals surface area (Å²) < 4.78 is 7.05. The number of hydrogen-bond acceptors (Lipinski definition) is 5. The van der Waals surface area contributed by atoms with E-state index in [0.717, 1.165) is 29.2 Å². The van der Waals surface area contributed by atoms with Crippen molar-refractivity contribution in [3.05, 3.63) is 76.4 Å². The van der Waals surface area contributed by atoms with Gasteiger partial charge < -0.3 is 20.3 Å². The van der Waals surface area contributed by atoms with Crippen LogP contribution in [0.2, 0.25) is 5.02 Å². The van der Waals surface area contributed by atoms with Crippen LogP contribution in [-0.4, -0.2) is 32.4 Å². The van der Waals surface area contributed by atoms with Crippen LogP contribution in [0, 0.1) is 0 Å². The van der Waals surface area contributed by atoms with E-state index in [2.05, 4.69) is 0 Å². The van der Waals surface area contributed by atoms with E-state index in [4.69, 9.17) is 22.1 Å². The molecule has 1 aromatic heterocycles. The number of ketones is 1. The summed E-state index contributed by atoms with van der Waals surface area (Å²) in [4.78, 5) is 44.8. The minimum Gasteiger partial charge on any atom is -0.485 e. The minimum atomic E-state index is -2.45. The quantitative estimate of drug-likeness (QED) is 0.260. The molecule has 0 radical (unpaired) electrons. The average molecular weight is 483 g/mol. The third-order valence-corrected chi connectivity index (χ3v) is 6.83. The first-order chi connectivity index (χ1) is 15.8. The Balaban J connectivity index is 1.47. The van der Waals surface area contributed by atoms with Crippen molar-refractivity contribution in [1.82, 2.24) is 4.34 Å². The van der Waals surface area contributed by atoms with E-state index >= 15 is 0 Å². The molecule has 5 rings (SSSR count). The van der Waals surface area contributed by atoms with E-state index in [9.17, 15) is 19.4 Å². The first-order valence-corrected chi connectivity index (χ1v) is 11.9. The number of primary amides is 1. The van der Waals surface area contributed by atoms with Crippen LogP contribution >= 0.6 is 20.1 Å². The van der Waals surface area contributed by atoms with Crippen molar-refractivity contribution >= 4 is 53.5 Å². The van der Waals surface area contributed by atoms with Crippen LogP contribution in [-0.2, 0) is 0 Å². The summed E-state index contributed by atoms with van der Waals surface area (Å²) in [6.45, 7) is -0.350. The molecular formula is C24H20ClN2O5P. The number of Topliss-reactive ketones (excluding diaryl/α,β-unsaturated/α-hetero) is 1. The monoisotopic (exact) mass is 482 g/mol. The molecule has 0 unspecified atom stereocenters. The van der Waals surface area contributed by atoms with Gasteiger partial charge in [-0.15, -0.1) is 0 Å². The lowest BCUT2D eigenvalue weighted by atomic mass is 10.0. The lowest BCUT2D eigenvalue weighted by molar-refractivity contribution is 0.0914. The Morgan fingerprint density at radius 2 is 1.85 bits per heavy atom. The molecule has 168 valence electrons. The maximum absolute atomic E-state index is 13.1. The first kappa shape index (κ1) is 21.9. The van der Waals surface area contributed by atoms with Gasteiger partial charge in [0.25, 0.3) is 14.4 Å². The second kappa shape index (κ2) is 8.43. The van der Waals surface area contributed by atoms with E-state index in [-0.39, 0.29) is 23.7 Å². The SMILES string of the molecule is NC(=O)c1cc2cc(Cl)ccc2cc1OCC(=O)c1cn(P(O)O)c2cc(C3CC3)ccc12. The summed E-state index contributed by atoms with van der Waals surface area (Å²) in [6.07, 6.45) is 3.66. The number of fused-ring (bicyclic) bond motifs is 2. The van der Waals surface area contributed by atoms with Gasteiger partial charge >= 0.3 is 0 Å². The Kier molecular flexibility index (Phi) is 5.59. The van der Waals surface area contributed by atoms with Crippen LogP contribution in [0.5, 0.6) is 5.75 Å². The number of nitrogens with zero attached hydrogens (tertiary/aromatic N) is 1. The van der Waals surface area contributed by atoms with Crippen LogP contribution in [0.1, 0.15) is 45.0 Å². The topological polar surface area (TPSA) is 115 Å². The van der Waals surface area contributed by atoms with Crippen LogP contribution in [0.3, 0.4) is 0 Å². The van der Waals surface area contributed by atoms with E-state index in [1.807, 2.05) is 18.2 Å². The summed E-state index contributed by atoms with van der Waals surface area (Å²) in [6, 6.07) is 14.2. The van der Waals surface area contributed by atoms with Gasteiger partial charge in [0.1, 0.15) is 5.75 Å². The average Bonchev–Trinajstić information content (AvgIpc) is 3.56. The summed E-state index contributed by atoms with van der Waals surface area (Å²) >= 11 is 6.03. The van der Waals surface area contributed by atoms with Gasteiger partial charge in [0, 0.05) is 22.2 Å². The van der Waals surface area contributed by atoms with Crippen LogP contribution in [0.4, 0.5) is 0 Å². The Bertz CT molecular complexity index is 1430. The lowest BCUT2D eigenvalue weighted by Gasteiger charge is -2.11. The molecule has 0 atom stereocenters. The molecule has 3 aromatic carbocycles. The van der Waals surface area contributed by atoms with E-state index in [1.54, 1.807) is 30.3 Å². The molecule has 0 aliphatic heterocycles. The van der Waals surface area contributed by atoms with Crippen LogP contribution in [0.15, 0.2) is 54.7 Å². The van der Waals surface area contributed by atoms with Gasteiger partial charge in [-0.3, -0.25) is 13.9 Å². The van der Waals surface area contributed by atoms with Gasteiger partial charge in [-0.2, -0.15) is 0 Å². The van der Waals surface area contributed by atoms with Crippen molar-refractivity contribution in [2.24, 2.45) is 5.73 Å². The predicted molar refractivity (Wildman–Crippen MR) is 128 cm³/mol. The maximum atomic E-state index is 13.1. The molecule has 4 N–H and O–H groups in total. The Hall–Kier alpha value is -2.96. The Labute approximate surface area is 195 Å². The predicted octanol–water partition coefficient (Wildman–Crippen LogP) is 4.75. The number of aromatic nitrogens is 1. The number of carbonyl (C=O) groups is 2. The van der Waals surface area contributed by atoms with Crippen LogP contribution in [0.25, 0.3) is 21.7 Å². The Morgan fingerprint density at radius 1 is 1.06 bits per heavy atom. The number of carbonyl (C=O) groups excluding carboxylic acids is 2. The molecule has 4 aromatic rings. The van der Waals surface area contributed by atoms with Crippen molar-refractivity contribution in [2.75, 3.05) is 6.61 Å². The zero-order chi connectivity index (χ0) is 23.3. The molecule has 0 bridgehead atoms. The van der Waals surface area contributed by atoms with Gasteiger partial charge in [-0.1, -0.05) is 29.8 Å². The largest absolute Gasteiger partial charge is 0.485 e. The standard InChI is InChI=1S/C24H20ClN2O5P/c25-17-5-3-15-10-23(19(24(26)29)8-16(15)7-17)32-12-22(28)20-11-27(33(30)31)21-9-14(13-1-2-13)4-6-18(20)21/h3-11,13,30-31H,1-2,12H2,(H2,26,29). The molecule has 1 saturated carbocycles. The molecular weight excluding hydrogens is 463 g/mol. The third kappa shape index (κ3) is 4.21. The number of rotatable bonds is 7. The molecule has 1 heterocycles. The summed E-state index contributed by atoms with van der Waals surface area (Å²) in [5.74, 6) is -0.369. The fourth-order valence-electron chi connectivity index (χ4n) is 4.05. The molecule has 1 fully saturated rings. The van der Waals surface area contributed by atoms with Gasteiger partial charge in [0.05, 0.1) is 11.1 Å². The first-order valence-electron chi connectivity index (χ1n) is 10.3. The highest BCUT2D eigenvalue weighted by atomic mass is 35.5. The van der Waals surface area contributed by atoms with Crippen molar-refractivity contribution in [3.8, 4) is 5.75 Å². The highest BCUT2D eigenvalue weighted by molar-refractivity contribution is 7.43. The fourth-order valence-corrected chi connectivity index (χ4v) is 4.81. The van der Waals surface area contributed by atoms with Gasteiger partial charge in [0.2, 0.25) is 5.78 Å². The molecule has 7 nitrogen and oxygen atoms in total. The fraction of sp³-hybridized carbons (Fsp3) is 0.167. The molecule has 0 saturated heterocycles. The highest BCUT2D eigenvalue weighted by Gasteiger charge is 2.26. The van der Waals surface area contributed by atoms with Crippen molar-refractivity contribution in [1.29, 1.82) is 0 Å². The zero-order valence-corrected chi connectivity index (χ0v) is 19.0. The number of benzene rings is 3. The minimum absolute atomic E-state index is 0.142. The smallest absolute Gasteiger partial charge is 0.288 e. The van der Waals surface area contributed by atoms with Gasteiger partial charge in [-0.25, -0.2) is 0 Å². The van der Waals surface area contributed by atoms with Crippen molar-refractivity contribution in [2.45, 2.75) is 18.8 Å². The summed E-state index contributed by atoms with van der Waals surface area (Å²) in [7, 11) is -2.45. The number of halogens is 1. The zero-order valence-electron chi connectivity index (χ0n) is 17.4. The highest BCUT2D eigenvalue weighted by Crippen LogP contribution is 2.43.